The van der Waals surface area contributed by atoms with Gasteiger partial charge in [0.2, 0.25) is 5.91 Å². The van der Waals surface area contributed by atoms with Gasteiger partial charge in [-0.25, -0.2) is 4.39 Å². The highest BCUT2D eigenvalue weighted by Crippen LogP contribution is 2.31. The Morgan fingerprint density at radius 1 is 1.00 bits per heavy atom. The summed E-state index contributed by atoms with van der Waals surface area (Å²) in [6.07, 6.45) is 6.27. The van der Waals surface area contributed by atoms with Crippen LogP contribution in [0.3, 0.4) is 0 Å². The van der Waals surface area contributed by atoms with Gasteiger partial charge in [0.1, 0.15) is 12.4 Å². The van der Waals surface area contributed by atoms with Gasteiger partial charge in [0.05, 0.1) is 12.2 Å². The van der Waals surface area contributed by atoms with Crippen molar-refractivity contribution in [3.63, 3.8) is 0 Å². The number of ether oxygens (including phenoxy) is 1. The van der Waals surface area contributed by atoms with E-state index in [9.17, 15) is 14.0 Å². The Hall–Kier alpha value is -2.74. The zero-order valence-corrected chi connectivity index (χ0v) is 23.3. The molecule has 2 aliphatic heterocycles. The maximum atomic E-state index is 14.1. The lowest BCUT2D eigenvalue weighted by Gasteiger charge is -2.37. The number of fused-ring (bicyclic) bond motifs is 1. The molecule has 0 saturated carbocycles. The number of carbonyl (C=O) groups excluding carboxylic acids is 2. The molecule has 2 aromatic rings. The molecule has 2 saturated heterocycles. The first-order valence-electron chi connectivity index (χ1n) is 14.4. The van der Waals surface area contributed by atoms with Crippen molar-refractivity contribution in [2.45, 2.75) is 97.3 Å². The largest absolute Gasteiger partial charge is 0.371 e. The molecule has 8 heteroatoms. The molecule has 206 valence electrons. The van der Waals surface area contributed by atoms with Crippen LogP contribution in [0.2, 0.25) is 0 Å². The topological polar surface area (TPSA) is 67.7 Å². The molecule has 1 aromatic carbocycles. The number of aryl methyl sites for hydroxylation is 2. The van der Waals surface area contributed by atoms with E-state index in [1.54, 1.807) is 4.68 Å². The highest BCUT2D eigenvalue weighted by atomic mass is 19.1. The number of nitrogens with zero attached hydrogens (tertiary/aromatic N) is 4. The van der Waals surface area contributed by atoms with Crippen molar-refractivity contribution < 1.29 is 18.7 Å². The second-order valence-electron chi connectivity index (χ2n) is 11.3. The van der Waals surface area contributed by atoms with E-state index in [-0.39, 0.29) is 36.4 Å². The lowest BCUT2D eigenvalue weighted by molar-refractivity contribution is -0.133. The van der Waals surface area contributed by atoms with Gasteiger partial charge >= 0.3 is 0 Å². The molecule has 2 atom stereocenters. The predicted octanol–water partition coefficient (Wildman–Crippen LogP) is 4.56. The molecule has 1 aromatic heterocycles. The lowest BCUT2D eigenvalue weighted by Crippen LogP contribution is -2.50. The summed E-state index contributed by atoms with van der Waals surface area (Å²) in [4.78, 5) is 30.7. The van der Waals surface area contributed by atoms with Gasteiger partial charge in [0.25, 0.3) is 5.91 Å². The van der Waals surface area contributed by atoms with E-state index in [4.69, 9.17) is 9.84 Å². The molecule has 2 fully saturated rings. The monoisotopic (exact) mass is 524 g/mol. The third-order valence-corrected chi connectivity index (χ3v) is 8.70. The number of morpholine rings is 1. The number of hydrogen-bond acceptors (Lipinski definition) is 4. The number of likely N-dealkylation sites (tertiary alicyclic amines) is 1. The summed E-state index contributed by atoms with van der Waals surface area (Å²) < 4.78 is 22.0. The Labute approximate surface area is 225 Å². The van der Waals surface area contributed by atoms with Crippen LogP contribution in [-0.2, 0) is 28.9 Å². The number of piperidine rings is 1. The molecule has 2 amide bonds. The molecule has 7 nitrogen and oxygen atoms in total. The Kier molecular flexibility index (Phi) is 7.89. The average molecular weight is 525 g/mol. The van der Waals surface area contributed by atoms with Crippen LogP contribution in [0.15, 0.2) is 12.1 Å². The third-order valence-electron chi connectivity index (χ3n) is 8.70. The normalized spacial score (nSPS) is 22.1. The minimum Gasteiger partial charge on any atom is -0.371 e. The van der Waals surface area contributed by atoms with Gasteiger partial charge in [-0.15, -0.1) is 0 Å². The first kappa shape index (κ1) is 26.9. The fraction of sp³-hybridized carbons (Fsp3) is 0.633. The molecule has 1 aliphatic carbocycles. The fourth-order valence-corrected chi connectivity index (χ4v) is 6.41. The van der Waals surface area contributed by atoms with E-state index >= 15 is 0 Å². The van der Waals surface area contributed by atoms with Crippen molar-refractivity contribution >= 4 is 11.8 Å². The number of carbonyl (C=O) groups is 2. The Morgan fingerprint density at radius 3 is 2.24 bits per heavy atom. The van der Waals surface area contributed by atoms with Gasteiger partial charge in [-0.1, -0.05) is 26.0 Å². The quantitative estimate of drug-likeness (QED) is 0.556. The molecule has 0 unspecified atom stereocenters. The molecular formula is C30H41FN4O3. The van der Waals surface area contributed by atoms with E-state index in [0.29, 0.717) is 48.9 Å². The summed E-state index contributed by atoms with van der Waals surface area (Å²) in [6, 6.07) is 3.91. The lowest BCUT2D eigenvalue weighted by atomic mass is 9.87. The molecule has 38 heavy (non-hydrogen) atoms. The van der Waals surface area contributed by atoms with Gasteiger partial charge in [0, 0.05) is 37.4 Å². The summed E-state index contributed by atoms with van der Waals surface area (Å²) in [5.41, 5.74) is 5.13. The minimum atomic E-state index is -0.130. The van der Waals surface area contributed by atoms with E-state index in [1.165, 1.54) is 5.56 Å². The predicted molar refractivity (Wildman–Crippen MR) is 144 cm³/mol. The summed E-state index contributed by atoms with van der Waals surface area (Å²) in [5, 5.41) is 4.74. The van der Waals surface area contributed by atoms with Crippen molar-refractivity contribution in [2.75, 3.05) is 26.2 Å². The minimum absolute atomic E-state index is 0.0275. The van der Waals surface area contributed by atoms with E-state index in [0.717, 1.165) is 56.2 Å². The second kappa shape index (κ2) is 11.2. The zero-order chi connectivity index (χ0) is 27.0. The van der Waals surface area contributed by atoms with Gasteiger partial charge in [-0.3, -0.25) is 14.3 Å². The van der Waals surface area contributed by atoms with Gasteiger partial charge in [0.15, 0.2) is 5.69 Å². The number of amides is 2. The van der Waals surface area contributed by atoms with Crippen LogP contribution in [-0.4, -0.2) is 69.8 Å². The molecule has 5 rings (SSSR count). The Bertz CT molecular complexity index is 1170. The van der Waals surface area contributed by atoms with Crippen molar-refractivity contribution in [1.29, 1.82) is 0 Å². The van der Waals surface area contributed by atoms with Crippen LogP contribution in [0.5, 0.6) is 0 Å². The SMILES string of the molecule is CC[C@@H]1CN(C(=O)c2nn(CC(=O)N3CCC(c4cc(C)c(F)c(C)c4)CC3)c3c2CCC3)C[C@H](CC)O1. The molecule has 0 bridgehead atoms. The molecule has 0 N–H and O–H groups in total. The fourth-order valence-electron chi connectivity index (χ4n) is 6.41. The van der Waals surface area contributed by atoms with Crippen molar-refractivity contribution in [3.05, 3.63) is 51.6 Å². The first-order valence-corrected chi connectivity index (χ1v) is 14.4. The van der Waals surface area contributed by atoms with Gasteiger partial charge in [-0.05, 0) is 81.4 Å². The van der Waals surface area contributed by atoms with Crippen LogP contribution >= 0.6 is 0 Å². The number of benzene rings is 1. The highest BCUT2D eigenvalue weighted by Gasteiger charge is 2.35. The second-order valence-corrected chi connectivity index (χ2v) is 11.3. The molecule has 3 heterocycles. The van der Waals surface area contributed by atoms with Crippen molar-refractivity contribution in [1.82, 2.24) is 19.6 Å². The number of aromatic nitrogens is 2. The number of hydrogen-bond donors (Lipinski definition) is 0. The van der Waals surface area contributed by atoms with E-state index in [1.807, 2.05) is 35.8 Å². The summed E-state index contributed by atoms with van der Waals surface area (Å²) in [5.74, 6) is 0.229. The summed E-state index contributed by atoms with van der Waals surface area (Å²) in [6.45, 7) is 10.5. The van der Waals surface area contributed by atoms with Crippen molar-refractivity contribution in [2.24, 2.45) is 0 Å². The summed E-state index contributed by atoms with van der Waals surface area (Å²) >= 11 is 0. The van der Waals surface area contributed by atoms with Crippen molar-refractivity contribution in [3.8, 4) is 0 Å². The van der Waals surface area contributed by atoms with Gasteiger partial charge < -0.3 is 14.5 Å². The third kappa shape index (κ3) is 5.24. The van der Waals surface area contributed by atoms with Crippen LogP contribution in [0.25, 0.3) is 0 Å². The van der Waals surface area contributed by atoms with E-state index in [2.05, 4.69) is 13.8 Å². The average Bonchev–Trinajstić information content (AvgIpc) is 3.54. The molecular weight excluding hydrogens is 483 g/mol. The van der Waals surface area contributed by atoms with Crippen LogP contribution in [0.4, 0.5) is 4.39 Å². The molecule has 3 aliphatic rings. The van der Waals surface area contributed by atoms with Crippen LogP contribution < -0.4 is 0 Å². The Balaban J connectivity index is 1.25. The zero-order valence-electron chi connectivity index (χ0n) is 23.3. The maximum Gasteiger partial charge on any atom is 0.274 e. The molecule has 0 radical (unpaired) electrons. The first-order chi connectivity index (χ1) is 18.3. The number of halogens is 1. The van der Waals surface area contributed by atoms with E-state index < -0.39 is 0 Å². The van der Waals surface area contributed by atoms with Gasteiger partial charge in [-0.2, -0.15) is 5.10 Å². The standard InChI is InChI=1S/C30H41FN4O3/c1-5-23-16-34(17-24(6-2)38-23)30(37)29-25-8-7-9-26(25)35(32-29)18-27(36)33-12-10-21(11-13-33)22-14-19(3)28(31)20(4)15-22/h14-15,21,23-24H,5-13,16-18H2,1-4H3/t23-,24+. The van der Waals surface area contributed by atoms with Crippen LogP contribution in [0, 0.1) is 19.7 Å². The Morgan fingerprint density at radius 2 is 1.63 bits per heavy atom. The molecule has 0 spiro atoms. The smallest absolute Gasteiger partial charge is 0.274 e. The van der Waals surface area contributed by atoms with Crippen LogP contribution in [0.1, 0.15) is 90.3 Å². The number of rotatable bonds is 6. The highest BCUT2D eigenvalue weighted by molar-refractivity contribution is 5.94. The maximum absolute atomic E-state index is 14.1. The summed E-state index contributed by atoms with van der Waals surface area (Å²) in [7, 11) is 0.